The summed E-state index contributed by atoms with van der Waals surface area (Å²) in [6.07, 6.45) is 5.64. The van der Waals surface area contributed by atoms with Gasteiger partial charge in [-0.25, -0.2) is 0 Å². The molecule has 1 atom stereocenters. The second-order valence-electron chi connectivity index (χ2n) is 4.25. The van der Waals surface area contributed by atoms with E-state index in [0.717, 1.165) is 11.0 Å². The van der Waals surface area contributed by atoms with E-state index >= 15 is 0 Å². The van der Waals surface area contributed by atoms with E-state index < -0.39 is 0 Å². The summed E-state index contributed by atoms with van der Waals surface area (Å²) in [6.45, 7) is 4.45. The van der Waals surface area contributed by atoms with E-state index in [1.165, 1.54) is 24.2 Å². The molecular weight excluding hydrogens is 170 g/mol. The summed E-state index contributed by atoms with van der Waals surface area (Å²) in [7, 11) is 2.33. The minimum atomic E-state index is 1.07. The molecule has 1 aromatic carbocycles. The van der Waals surface area contributed by atoms with Gasteiger partial charge in [-0.1, -0.05) is 24.3 Å². The summed E-state index contributed by atoms with van der Waals surface area (Å²) in [5.74, 6) is 0. The third-order valence-corrected chi connectivity index (χ3v) is 3.19. The highest BCUT2D eigenvalue weighted by Crippen LogP contribution is 2.32. The summed E-state index contributed by atoms with van der Waals surface area (Å²) in [4.78, 5) is 0. The van der Waals surface area contributed by atoms with E-state index in [9.17, 15) is 0 Å². The largest absolute Gasteiger partial charge is 0.290 e. The van der Waals surface area contributed by atoms with Gasteiger partial charge >= 0.3 is 0 Å². The van der Waals surface area contributed by atoms with Gasteiger partial charge in [-0.05, 0) is 19.1 Å². The number of hydrogen-bond donors (Lipinski definition) is 0. The van der Waals surface area contributed by atoms with Gasteiger partial charge in [0.15, 0.2) is 0 Å². The number of nitrogens with zero attached hydrogens (tertiary/aromatic N) is 1. The molecule has 1 aromatic rings. The summed E-state index contributed by atoms with van der Waals surface area (Å²) in [6, 6.07) is 8.82. The summed E-state index contributed by atoms with van der Waals surface area (Å²) < 4.78 is 1.07. The van der Waals surface area contributed by atoms with E-state index in [2.05, 4.69) is 50.4 Å². The third-order valence-electron chi connectivity index (χ3n) is 3.19. The second-order valence-corrected chi connectivity index (χ2v) is 4.25. The molecule has 0 amide bonds. The van der Waals surface area contributed by atoms with E-state index in [0.29, 0.717) is 0 Å². The predicted molar refractivity (Wildman–Crippen MR) is 62.4 cm³/mol. The van der Waals surface area contributed by atoms with Crippen molar-refractivity contribution < 1.29 is 0 Å². The molecule has 0 aromatic heterocycles. The Morgan fingerprint density at radius 1 is 1.36 bits per heavy atom. The molecule has 2 rings (SSSR count). The lowest BCUT2D eigenvalue weighted by molar-refractivity contribution is 0.394. The SMILES string of the molecule is C/C=C/C[N@@+]1(C)CCc2ccccc21. The topological polar surface area (TPSA) is 0 Å². The van der Waals surface area contributed by atoms with Gasteiger partial charge in [-0.3, -0.25) is 4.48 Å². The standard InChI is InChI=1S/C13H18N/c1-3-4-10-14(2)11-9-12-7-5-6-8-13(12)14/h3-8H,9-11H2,1-2H3/q+1/b4-3+/t14-/m0/s1. The van der Waals surface area contributed by atoms with Gasteiger partial charge in [-0.2, -0.15) is 0 Å². The molecule has 1 aliphatic rings. The first-order valence-corrected chi connectivity index (χ1v) is 5.30. The van der Waals surface area contributed by atoms with Crippen LogP contribution in [0.2, 0.25) is 0 Å². The number of hydrogen-bond acceptors (Lipinski definition) is 0. The van der Waals surface area contributed by atoms with Gasteiger partial charge in [0.05, 0.1) is 13.6 Å². The average molecular weight is 188 g/mol. The minimum absolute atomic E-state index is 1.07. The van der Waals surface area contributed by atoms with E-state index in [1.54, 1.807) is 0 Å². The van der Waals surface area contributed by atoms with Crippen LogP contribution in [-0.4, -0.2) is 20.1 Å². The monoisotopic (exact) mass is 188 g/mol. The van der Waals surface area contributed by atoms with E-state index in [-0.39, 0.29) is 0 Å². The second kappa shape index (κ2) is 3.58. The molecule has 0 saturated carbocycles. The van der Waals surface area contributed by atoms with Crippen molar-refractivity contribution in [1.82, 2.24) is 4.48 Å². The van der Waals surface area contributed by atoms with Crippen LogP contribution in [0.25, 0.3) is 0 Å². The molecule has 0 unspecified atom stereocenters. The molecule has 74 valence electrons. The Balaban J connectivity index is 2.32. The van der Waals surface area contributed by atoms with Gasteiger partial charge in [0.25, 0.3) is 0 Å². The number of rotatable bonds is 2. The van der Waals surface area contributed by atoms with Crippen LogP contribution in [0.5, 0.6) is 0 Å². The summed E-state index contributed by atoms with van der Waals surface area (Å²) in [5, 5.41) is 0. The third kappa shape index (κ3) is 1.48. The van der Waals surface area contributed by atoms with Crippen LogP contribution in [0.15, 0.2) is 36.4 Å². The van der Waals surface area contributed by atoms with Crippen LogP contribution in [0.1, 0.15) is 12.5 Å². The number of quaternary nitrogens is 1. The lowest BCUT2D eigenvalue weighted by Gasteiger charge is -2.28. The Bertz CT molecular complexity index is 354. The maximum absolute atomic E-state index is 2.33. The maximum atomic E-state index is 2.33. The van der Waals surface area contributed by atoms with Gasteiger partial charge in [0, 0.05) is 12.0 Å². The zero-order valence-corrected chi connectivity index (χ0v) is 9.03. The Labute approximate surface area is 86.3 Å². The molecule has 0 bridgehead atoms. The smallest absolute Gasteiger partial charge is 0.136 e. The zero-order valence-electron chi connectivity index (χ0n) is 9.03. The maximum Gasteiger partial charge on any atom is 0.136 e. The zero-order chi connectivity index (χ0) is 10.0. The number of allylic oxidation sites excluding steroid dienone is 1. The van der Waals surface area contributed by atoms with Crippen molar-refractivity contribution >= 4 is 5.69 Å². The van der Waals surface area contributed by atoms with E-state index in [4.69, 9.17) is 0 Å². The Kier molecular flexibility index (Phi) is 2.42. The van der Waals surface area contributed by atoms with Crippen LogP contribution in [-0.2, 0) is 6.42 Å². The Morgan fingerprint density at radius 3 is 2.93 bits per heavy atom. The number of para-hydroxylation sites is 1. The lowest BCUT2D eigenvalue weighted by atomic mass is 10.2. The molecule has 0 fully saturated rings. The normalized spacial score (nSPS) is 25.6. The molecule has 1 nitrogen and oxygen atoms in total. The molecule has 14 heavy (non-hydrogen) atoms. The highest BCUT2D eigenvalue weighted by Gasteiger charge is 2.32. The van der Waals surface area contributed by atoms with Crippen molar-refractivity contribution in [2.45, 2.75) is 13.3 Å². The van der Waals surface area contributed by atoms with Crippen LogP contribution >= 0.6 is 0 Å². The van der Waals surface area contributed by atoms with Gasteiger partial charge in [0.2, 0.25) is 0 Å². The number of likely N-dealkylation sites (N-methyl/N-ethyl adjacent to an activating group) is 1. The fraction of sp³-hybridized carbons (Fsp3) is 0.385. The van der Waals surface area contributed by atoms with Crippen LogP contribution < -0.4 is 4.48 Å². The van der Waals surface area contributed by atoms with Crippen molar-refractivity contribution in [1.29, 1.82) is 0 Å². The predicted octanol–water partition coefficient (Wildman–Crippen LogP) is 2.76. The van der Waals surface area contributed by atoms with Crippen molar-refractivity contribution in [3.8, 4) is 0 Å². The van der Waals surface area contributed by atoms with Crippen molar-refractivity contribution in [3.05, 3.63) is 42.0 Å². The molecule has 0 aliphatic carbocycles. The van der Waals surface area contributed by atoms with Crippen molar-refractivity contribution in [3.63, 3.8) is 0 Å². The van der Waals surface area contributed by atoms with Crippen molar-refractivity contribution in [2.75, 3.05) is 20.1 Å². The molecular formula is C13H18N+. The van der Waals surface area contributed by atoms with Crippen LogP contribution in [0.4, 0.5) is 5.69 Å². The number of fused-ring (bicyclic) bond motifs is 1. The highest BCUT2D eigenvalue weighted by atomic mass is 15.3. The number of benzene rings is 1. The molecule has 0 spiro atoms. The molecule has 1 heterocycles. The van der Waals surface area contributed by atoms with Crippen LogP contribution in [0, 0.1) is 0 Å². The summed E-state index contributed by atoms with van der Waals surface area (Å²) >= 11 is 0. The highest BCUT2D eigenvalue weighted by molar-refractivity contribution is 5.54. The quantitative estimate of drug-likeness (QED) is 0.494. The Hall–Kier alpha value is -1.08. The molecule has 0 N–H and O–H groups in total. The average Bonchev–Trinajstić information content (AvgIpc) is 2.55. The minimum Gasteiger partial charge on any atom is -0.290 e. The van der Waals surface area contributed by atoms with Gasteiger partial charge < -0.3 is 0 Å². The fourth-order valence-corrected chi connectivity index (χ4v) is 2.26. The van der Waals surface area contributed by atoms with Gasteiger partial charge in [-0.15, -0.1) is 0 Å². The molecule has 1 heteroatoms. The van der Waals surface area contributed by atoms with Gasteiger partial charge in [0.1, 0.15) is 12.2 Å². The fourth-order valence-electron chi connectivity index (χ4n) is 2.26. The first kappa shape index (κ1) is 9.47. The van der Waals surface area contributed by atoms with E-state index in [1.807, 2.05) is 0 Å². The van der Waals surface area contributed by atoms with Crippen LogP contribution in [0.3, 0.4) is 0 Å². The first-order valence-electron chi connectivity index (χ1n) is 5.30. The van der Waals surface area contributed by atoms with Crippen molar-refractivity contribution in [2.24, 2.45) is 0 Å². The lowest BCUT2D eigenvalue weighted by Crippen LogP contribution is -2.43. The summed E-state index contributed by atoms with van der Waals surface area (Å²) in [5.41, 5.74) is 3.03. The Morgan fingerprint density at radius 2 is 2.14 bits per heavy atom. The molecule has 0 saturated heterocycles. The molecule has 1 aliphatic heterocycles. The molecule has 0 radical (unpaired) electrons. The first-order chi connectivity index (χ1) is 6.76.